The highest BCUT2D eigenvalue weighted by atomic mass is 32.2. The molecule has 170 valence electrons. The maximum Gasteiger partial charge on any atom is 0.264 e. The van der Waals surface area contributed by atoms with E-state index in [1.807, 2.05) is 58.0 Å². The number of benzene rings is 2. The smallest absolute Gasteiger partial charge is 0.264 e. The predicted molar refractivity (Wildman–Crippen MR) is 127 cm³/mol. The van der Waals surface area contributed by atoms with Gasteiger partial charge in [-0.15, -0.1) is 0 Å². The fourth-order valence-corrected chi connectivity index (χ4v) is 6.03. The van der Waals surface area contributed by atoms with Crippen LogP contribution in [0.2, 0.25) is 0 Å². The fourth-order valence-electron chi connectivity index (χ4n) is 4.42. The normalized spacial score (nSPS) is 16.5. The summed E-state index contributed by atoms with van der Waals surface area (Å²) in [6.45, 7) is 10.4. The number of likely N-dealkylation sites (tertiary alicyclic amines) is 1. The summed E-state index contributed by atoms with van der Waals surface area (Å²) >= 11 is 0. The molecule has 1 saturated heterocycles. The molecule has 3 rings (SSSR count). The molecule has 0 spiro atoms. The number of sulfonamides is 1. The van der Waals surface area contributed by atoms with E-state index in [1.54, 1.807) is 12.1 Å². The Labute approximate surface area is 187 Å². The van der Waals surface area contributed by atoms with Crippen LogP contribution in [0.1, 0.15) is 55.8 Å². The monoisotopic (exact) mass is 444 g/mol. The van der Waals surface area contributed by atoms with Gasteiger partial charge in [-0.25, -0.2) is 8.42 Å². The minimum Gasteiger partial charge on any atom is -0.394 e. The van der Waals surface area contributed by atoms with Gasteiger partial charge in [0.2, 0.25) is 0 Å². The maximum absolute atomic E-state index is 13.6. The zero-order chi connectivity index (χ0) is 22.6. The van der Waals surface area contributed by atoms with Crippen LogP contribution in [0, 0.1) is 19.8 Å². The number of hydrogen-bond acceptors (Lipinski definition) is 4. The SMILES string of the molecule is Cc1cc(C)cc(N(CC(C)C)S(=O)(=O)c2ccc(C(CO)N3CCCCC3)cc2)c1. The summed E-state index contributed by atoms with van der Waals surface area (Å²) < 4.78 is 28.7. The van der Waals surface area contributed by atoms with E-state index >= 15 is 0 Å². The van der Waals surface area contributed by atoms with Crippen molar-refractivity contribution in [3.63, 3.8) is 0 Å². The molecule has 1 fully saturated rings. The van der Waals surface area contributed by atoms with Crippen molar-refractivity contribution in [2.24, 2.45) is 5.92 Å². The first-order chi connectivity index (χ1) is 14.7. The summed E-state index contributed by atoms with van der Waals surface area (Å²) in [5.41, 5.74) is 3.75. The lowest BCUT2D eigenvalue weighted by atomic mass is 10.0. The molecule has 0 saturated carbocycles. The topological polar surface area (TPSA) is 60.9 Å². The van der Waals surface area contributed by atoms with Crippen molar-refractivity contribution in [3.8, 4) is 0 Å². The van der Waals surface area contributed by atoms with Gasteiger partial charge in [0.25, 0.3) is 10.0 Å². The van der Waals surface area contributed by atoms with E-state index in [2.05, 4.69) is 4.90 Å². The number of aliphatic hydroxyl groups excluding tert-OH is 1. The maximum atomic E-state index is 13.6. The summed E-state index contributed by atoms with van der Waals surface area (Å²) in [6, 6.07) is 12.9. The molecule has 1 unspecified atom stereocenters. The summed E-state index contributed by atoms with van der Waals surface area (Å²) in [5.74, 6) is 0.188. The number of hydrogen-bond donors (Lipinski definition) is 1. The van der Waals surface area contributed by atoms with Gasteiger partial charge >= 0.3 is 0 Å². The molecule has 0 aromatic heterocycles. The minimum atomic E-state index is -3.70. The molecule has 1 aliphatic rings. The first kappa shape index (κ1) is 23.8. The number of aryl methyl sites for hydroxylation is 2. The molecule has 0 amide bonds. The van der Waals surface area contributed by atoms with Gasteiger partial charge in [-0.1, -0.05) is 38.5 Å². The summed E-state index contributed by atoms with van der Waals surface area (Å²) in [7, 11) is -3.70. The molecule has 6 heteroatoms. The average Bonchev–Trinajstić information content (AvgIpc) is 2.73. The predicted octanol–water partition coefficient (Wildman–Crippen LogP) is 4.67. The van der Waals surface area contributed by atoms with E-state index in [0.717, 1.165) is 42.6 Å². The lowest BCUT2D eigenvalue weighted by Gasteiger charge is -2.34. The molecule has 1 atom stereocenters. The van der Waals surface area contributed by atoms with Crippen LogP contribution >= 0.6 is 0 Å². The first-order valence-corrected chi connectivity index (χ1v) is 12.7. The van der Waals surface area contributed by atoms with Gasteiger partial charge in [0.15, 0.2) is 0 Å². The Bertz CT molecular complexity index is 945. The van der Waals surface area contributed by atoms with Gasteiger partial charge in [-0.3, -0.25) is 9.21 Å². The van der Waals surface area contributed by atoms with Gasteiger partial charge in [-0.2, -0.15) is 0 Å². The lowest BCUT2D eigenvalue weighted by Crippen LogP contribution is -2.36. The number of anilines is 1. The lowest BCUT2D eigenvalue weighted by molar-refractivity contribution is 0.104. The quantitative estimate of drug-likeness (QED) is 0.643. The standard InChI is InChI=1S/C25H36N2O3S/c1-19(2)17-27(23-15-20(3)14-21(4)16-23)31(29,30)24-10-8-22(9-11-24)25(18-28)26-12-6-5-7-13-26/h8-11,14-16,19,25,28H,5-7,12-13,17-18H2,1-4H3. The van der Waals surface area contributed by atoms with Gasteiger partial charge in [0.1, 0.15) is 0 Å². The third-order valence-corrected chi connectivity index (χ3v) is 7.69. The third-order valence-electron chi connectivity index (χ3n) is 5.88. The Morgan fingerprint density at radius 2 is 1.55 bits per heavy atom. The van der Waals surface area contributed by atoms with Crippen LogP contribution in [-0.4, -0.2) is 44.7 Å². The zero-order valence-electron chi connectivity index (χ0n) is 19.2. The Morgan fingerprint density at radius 1 is 0.968 bits per heavy atom. The summed E-state index contributed by atoms with van der Waals surface area (Å²) in [5, 5.41) is 9.98. The molecule has 1 N–H and O–H groups in total. The van der Waals surface area contributed by atoms with E-state index in [-0.39, 0.29) is 23.5 Å². The van der Waals surface area contributed by atoms with Crippen molar-refractivity contribution >= 4 is 15.7 Å². The van der Waals surface area contributed by atoms with Crippen LogP contribution in [-0.2, 0) is 10.0 Å². The largest absolute Gasteiger partial charge is 0.394 e. The molecule has 31 heavy (non-hydrogen) atoms. The molecule has 2 aromatic carbocycles. The van der Waals surface area contributed by atoms with Gasteiger partial charge < -0.3 is 5.11 Å². The zero-order valence-corrected chi connectivity index (χ0v) is 20.0. The van der Waals surface area contributed by atoms with Gasteiger partial charge in [-0.05, 0) is 86.7 Å². The minimum absolute atomic E-state index is 0.0359. The van der Waals surface area contributed by atoms with Crippen molar-refractivity contribution < 1.29 is 13.5 Å². The molecule has 0 bridgehead atoms. The van der Waals surface area contributed by atoms with Crippen molar-refractivity contribution in [1.29, 1.82) is 0 Å². The molecule has 0 radical (unpaired) electrons. The van der Waals surface area contributed by atoms with E-state index in [0.29, 0.717) is 12.2 Å². The van der Waals surface area contributed by atoms with Crippen molar-refractivity contribution in [3.05, 3.63) is 59.2 Å². The van der Waals surface area contributed by atoms with E-state index in [4.69, 9.17) is 0 Å². The second kappa shape index (κ2) is 10.2. The Morgan fingerprint density at radius 3 is 2.06 bits per heavy atom. The summed E-state index contributed by atoms with van der Waals surface area (Å²) in [6.07, 6.45) is 3.52. The van der Waals surface area contributed by atoms with Crippen LogP contribution in [0.4, 0.5) is 5.69 Å². The van der Waals surface area contributed by atoms with Crippen molar-refractivity contribution in [2.75, 3.05) is 30.5 Å². The number of nitrogens with zero attached hydrogens (tertiary/aromatic N) is 2. The van der Waals surface area contributed by atoms with E-state index < -0.39 is 10.0 Å². The fraction of sp³-hybridized carbons (Fsp3) is 0.520. The molecule has 1 heterocycles. The van der Waals surface area contributed by atoms with Crippen LogP contribution < -0.4 is 4.31 Å². The van der Waals surface area contributed by atoms with Crippen LogP contribution in [0.5, 0.6) is 0 Å². The van der Waals surface area contributed by atoms with Crippen LogP contribution in [0.3, 0.4) is 0 Å². The Kier molecular flexibility index (Phi) is 7.78. The molecule has 5 nitrogen and oxygen atoms in total. The van der Waals surface area contributed by atoms with Gasteiger partial charge in [0.05, 0.1) is 23.2 Å². The highest BCUT2D eigenvalue weighted by Gasteiger charge is 2.27. The molecular formula is C25H36N2O3S. The summed E-state index contributed by atoms with van der Waals surface area (Å²) in [4.78, 5) is 2.58. The average molecular weight is 445 g/mol. The highest BCUT2D eigenvalue weighted by molar-refractivity contribution is 7.92. The molecule has 0 aliphatic carbocycles. The second-order valence-electron chi connectivity index (χ2n) is 9.14. The molecular weight excluding hydrogens is 408 g/mol. The Hall–Kier alpha value is -1.89. The third kappa shape index (κ3) is 5.68. The van der Waals surface area contributed by atoms with E-state index in [1.165, 1.54) is 10.7 Å². The van der Waals surface area contributed by atoms with Crippen LogP contribution in [0.15, 0.2) is 47.4 Å². The number of piperidine rings is 1. The number of rotatable bonds is 8. The van der Waals surface area contributed by atoms with E-state index in [9.17, 15) is 13.5 Å². The Balaban J connectivity index is 1.92. The highest BCUT2D eigenvalue weighted by Crippen LogP contribution is 2.29. The van der Waals surface area contributed by atoms with Crippen molar-refractivity contribution in [2.45, 2.75) is 57.9 Å². The number of aliphatic hydroxyl groups is 1. The molecule has 2 aromatic rings. The van der Waals surface area contributed by atoms with Crippen molar-refractivity contribution in [1.82, 2.24) is 4.90 Å². The van der Waals surface area contributed by atoms with Gasteiger partial charge in [0, 0.05) is 6.54 Å². The van der Waals surface area contributed by atoms with Crippen LogP contribution in [0.25, 0.3) is 0 Å². The second-order valence-corrected chi connectivity index (χ2v) is 11.0. The molecule has 1 aliphatic heterocycles. The first-order valence-electron chi connectivity index (χ1n) is 11.3.